The molecule has 30 heavy (non-hydrogen) atoms. The molecule has 4 rings (SSSR count). The van der Waals surface area contributed by atoms with Crippen molar-refractivity contribution in [3.63, 3.8) is 0 Å². The van der Waals surface area contributed by atoms with Gasteiger partial charge in [0.2, 0.25) is 0 Å². The van der Waals surface area contributed by atoms with Crippen LogP contribution in [0.5, 0.6) is 0 Å². The standard InChI is InChI=1S/C15H11.C12H19.2BrH.Zr/c1-2-6-12(7-3-1)15-10-13-8-4-5-9-14(13)11-15;1-6-7-12-10(4)8(2)9(3)11(12)5;;;/h1-11H;6-7H2,1-5H3;2*1H;/q;;;;+2/p-2. The summed E-state index contributed by atoms with van der Waals surface area (Å²) < 4.78 is 0.498. The van der Waals surface area contributed by atoms with E-state index in [1.54, 1.807) is 11.1 Å². The van der Waals surface area contributed by atoms with Crippen molar-refractivity contribution >= 4 is 36.1 Å². The maximum atomic E-state index is 4.52. The number of allylic oxidation sites excluding steroid dienone is 5. The molecule has 0 bridgehead atoms. The van der Waals surface area contributed by atoms with Gasteiger partial charge in [0.15, 0.2) is 0 Å². The van der Waals surface area contributed by atoms with E-state index in [-0.39, 0.29) is 3.12 Å². The Morgan fingerprint density at radius 3 is 2.20 bits per heavy atom. The second-order valence-electron chi connectivity index (χ2n) is 8.88. The van der Waals surface area contributed by atoms with Gasteiger partial charge in [0, 0.05) is 0 Å². The van der Waals surface area contributed by atoms with Crippen LogP contribution in [-0.4, -0.2) is 0 Å². The molecular formula is C27H30Br2Zr. The van der Waals surface area contributed by atoms with E-state index >= 15 is 0 Å². The third kappa shape index (κ3) is 3.30. The van der Waals surface area contributed by atoms with Crippen LogP contribution in [0.1, 0.15) is 67.8 Å². The van der Waals surface area contributed by atoms with Crippen molar-refractivity contribution in [3.8, 4) is 0 Å². The Labute approximate surface area is 197 Å². The van der Waals surface area contributed by atoms with Crippen molar-refractivity contribution in [2.24, 2.45) is 0 Å². The van der Waals surface area contributed by atoms with E-state index in [9.17, 15) is 0 Å². The average molecular weight is 606 g/mol. The molecule has 2 aromatic carbocycles. The summed E-state index contributed by atoms with van der Waals surface area (Å²) in [6.07, 6.45) is 4.79. The molecule has 0 spiro atoms. The summed E-state index contributed by atoms with van der Waals surface area (Å²) in [5, 5.41) is 0. The Morgan fingerprint density at radius 1 is 0.900 bits per heavy atom. The predicted octanol–water partition coefficient (Wildman–Crippen LogP) is 9.70. The number of halogens is 2. The number of hydrogen-bond acceptors (Lipinski definition) is 0. The molecule has 0 heterocycles. The van der Waals surface area contributed by atoms with E-state index in [2.05, 4.69) is 120 Å². The van der Waals surface area contributed by atoms with E-state index in [0.29, 0.717) is 3.63 Å². The number of rotatable bonds is 5. The molecule has 0 nitrogen and oxygen atoms in total. The van der Waals surface area contributed by atoms with E-state index in [1.165, 1.54) is 46.3 Å². The minimum atomic E-state index is -3.25. The molecule has 0 saturated heterocycles. The van der Waals surface area contributed by atoms with Crippen LogP contribution >= 0.6 is 24.4 Å². The third-order valence-electron chi connectivity index (χ3n) is 7.50. The molecule has 0 N–H and O–H groups in total. The molecule has 2 aliphatic rings. The first-order chi connectivity index (χ1) is 14.2. The molecule has 2 aromatic rings. The molecule has 0 saturated carbocycles. The first-order valence-electron chi connectivity index (χ1n) is 10.9. The fourth-order valence-electron chi connectivity index (χ4n) is 5.51. The van der Waals surface area contributed by atoms with Gasteiger partial charge in [0.25, 0.3) is 0 Å². The summed E-state index contributed by atoms with van der Waals surface area (Å²) >= 11 is 5.79. The van der Waals surface area contributed by atoms with Crippen molar-refractivity contribution < 1.29 is 15.6 Å². The molecule has 2 aliphatic carbocycles. The summed E-state index contributed by atoms with van der Waals surface area (Å²) in [5.74, 6) is 0. The molecule has 0 aliphatic heterocycles. The van der Waals surface area contributed by atoms with Gasteiger partial charge in [-0.15, -0.1) is 0 Å². The summed E-state index contributed by atoms with van der Waals surface area (Å²) in [6, 6.07) is 20.0. The van der Waals surface area contributed by atoms with Crippen LogP contribution in [0, 0.1) is 0 Å². The first-order valence-corrected chi connectivity index (χ1v) is 24.8. The average Bonchev–Trinajstić information content (AvgIpc) is 3.22. The molecule has 0 amide bonds. The second kappa shape index (κ2) is 8.45. The van der Waals surface area contributed by atoms with Gasteiger partial charge in [-0.1, -0.05) is 0 Å². The number of fused-ring (bicyclic) bond motifs is 1. The van der Waals surface area contributed by atoms with E-state index in [4.69, 9.17) is 0 Å². The van der Waals surface area contributed by atoms with E-state index in [0.717, 1.165) is 0 Å². The SMILES string of the molecule is CCCC1=C(C)C(C)=C(C)[C]1(C)[Zr]([Br])([Br])[CH]1C(c2ccccc2)=Cc2ccccc21. The van der Waals surface area contributed by atoms with E-state index < -0.39 is 15.6 Å². The van der Waals surface area contributed by atoms with Gasteiger partial charge in [-0.3, -0.25) is 0 Å². The second-order valence-corrected chi connectivity index (χ2v) is 36.9. The van der Waals surface area contributed by atoms with Crippen LogP contribution in [0.2, 0.25) is 3.12 Å². The zero-order valence-electron chi connectivity index (χ0n) is 18.5. The summed E-state index contributed by atoms with van der Waals surface area (Å²) in [7, 11) is 0. The summed E-state index contributed by atoms with van der Waals surface area (Å²) in [6.45, 7) is 11.9. The molecule has 0 fully saturated rings. The van der Waals surface area contributed by atoms with Crippen LogP contribution in [0.15, 0.2) is 76.9 Å². The topological polar surface area (TPSA) is 0 Å². The summed E-state index contributed by atoms with van der Waals surface area (Å²) in [4.78, 5) is 0. The Morgan fingerprint density at radius 2 is 1.53 bits per heavy atom. The molecular weight excluding hydrogens is 575 g/mol. The molecule has 2 atom stereocenters. The van der Waals surface area contributed by atoms with Crippen LogP contribution in [0.25, 0.3) is 11.6 Å². The van der Waals surface area contributed by atoms with Gasteiger partial charge < -0.3 is 0 Å². The number of benzene rings is 2. The Kier molecular flexibility index (Phi) is 6.39. The maximum absolute atomic E-state index is 4.52. The molecule has 3 heteroatoms. The van der Waals surface area contributed by atoms with Crippen molar-refractivity contribution in [1.29, 1.82) is 0 Å². The quantitative estimate of drug-likeness (QED) is 0.318. The fourth-order valence-corrected chi connectivity index (χ4v) is 25.7. The van der Waals surface area contributed by atoms with Crippen molar-refractivity contribution in [1.82, 2.24) is 0 Å². The molecule has 156 valence electrons. The monoisotopic (exact) mass is 602 g/mol. The van der Waals surface area contributed by atoms with Gasteiger partial charge in [-0.05, 0) is 0 Å². The summed E-state index contributed by atoms with van der Waals surface area (Å²) in [5.41, 5.74) is 11.9. The first kappa shape index (κ1) is 22.7. The van der Waals surface area contributed by atoms with Crippen molar-refractivity contribution in [2.75, 3.05) is 0 Å². The fraction of sp³-hybridized carbons (Fsp3) is 0.333. The third-order valence-corrected chi connectivity index (χ3v) is 30.5. The van der Waals surface area contributed by atoms with Gasteiger partial charge in [-0.25, -0.2) is 0 Å². The van der Waals surface area contributed by atoms with Crippen molar-refractivity contribution in [2.45, 2.75) is 54.2 Å². The van der Waals surface area contributed by atoms with Crippen LogP contribution in [0.3, 0.4) is 0 Å². The Bertz CT molecular complexity index is 1080. The Hall–Kier alpha value is -0.497. The van der Waals surface area contributed by atoms with E-state index in [1.807, 2.05) is 0 Å². The van der Waals surface area contributed by atoms with Gasteiger partial charge in [-0.2, -0.15) is 0 Å². The molecule has 0 aromatic heterocycles. The van der Waals surface area contributed by atoms with Crippen LogP contribution in [0.4, 0.5) is 0 Å². The minimum absolute atomic E-state index is 0.0921. The van der Waals surface area contributed by atoms with Crippen LogP contribution < -0.4 is 0 Å². The zero-order valence-corrected chi connectivity index (χ0v) is 24.2. The number of hydrogen-bond donors (Lipinski definition) is 0. The zero-order chi connectivity index (χ0) is 21.7. The molecule has 0 radical (unpaired) electrons. The Balaban J connectivity index is 1.93. The van der Waals surface area contributed by atoms with Gasteiger partial charge in [0.05, 0.1) is 0 Å². The van der Waals surface area contributed by atoms with Gasteiger partial charge in [0.1, 0.15) is 0 Å². The van der Waals surface area contributed by atoms with Crippen molar-refractivity contribution in [3.05, 3.63) is 93.6 Å². The van der Waals surface area contributed by atoms with Gasteiger partial charge >= 0.3 is 199 Å². The normalized spacial score (nSPS) is 23.8. The van der Waals surface area contributed by atoms with Crippen LogP contribution in [-0.2, 0) is 15.6 Å². The molecule has 2 unspecified atom stereocenters. The predicted molar refractivity (Wildman–Crippen MR) is 136 cm³/mol.